The predicted molar refractivity (Wildman–Crippen MR) is 95.7 cm³/mol. The van der Waals surface area contributed by atoms with Crippen molar-refractivity contribution < 1.29 is 9.59 Å². The molecule has 25 heavy (non-hydrogen) atoms. The molecule has 0 saturated carbocycles. The van der Waals surface area contributed by atoms with Gasteiger partial charge in [-0.05, 0) is 49.3 Å². The number of nitrogens with one attached hydrogen (secondary N) is 1. The van der Waals surface area contributed by atoms with Crippen molar-refractivity contribution in [2.75, 3.05) is 26.2 Å². The van der Waals surface area contributed by atoms with Crippen molar-refractivity contribution in [3.05, 3.63) is 30.1 Å². The van der Waals surface area contributed by atoms with Gasteiger partial charge in [0.05, 0.1) is 5.92 Å². The Morgan fingerprint density at radius 2 is 1.84 bits per heavy atom. The summed E-state index contributed by atoms with van der Waals surface area (Å²) in [7, 11) is 0. The molecule has 3 amide bonds. The molecule has 1 N–H and O–H groups in total. The highest BCUT2D eigenvalue weighted by molar-refractivity contribution is 5.81. The van der Waals surface area contributed by atoms with Crippen LogP contribution in [0.15, 0.2) is 24.5 Å². The number of hydrogen-bond acceptors (Lipinski definition) is 3. The van der Waals surface area contributed by atoms with Crippen molar-refractivity contribution in [3.63, 3.8) is 0 Å². The number of likely N-dealkylation sites (tertiary alicyclic amines) is 2. The quantitative estimate of drug-likeness (QED) is 0.915. The van der Waals surface area contributed by atoms with Crippen LogP contribution in [-0.2, 0) is 11.3 Å². The van der Waals surface area contributed by atoms with Crippen molar-refractivity contribution >= 4 is 11.9 Å². The lowest BCUT2D eigenvalue weighted by Crippen LogP contribution is -2.50. The van der Waals surface area contributed by atoms with E-state index in [1.165, 1.54) is 0 Å². The molecule has 0 spiro atoms. The normalized spacial score (nSPS) is 21.9. The van der Waals surface area contributed by atoms with E-state index in [1.807, 2.05) is 17.0 Å². The first-order chi connectivity index (χ1) is 12.1. The monoisotopic (exact) mass is 344 g/mol. The van der Waals surface area contributed by atoms with E-state index in [2.05, 4.69) is 17.2 Å². The molecule has 3 rings (SSSR count). The van der Waals surface area contributed by atoms with E-state index in [1.54, 1.807) is 17.3 Å². The first kappa shape index (κ1) is 17.7. The van der Waals surface area contributed by atoms with Gasteiger partial charge in [0.15, 0.2) is 0 Å². The number of aromatic nitrogens is 1. The van der Waals surface area contributed by atoms with Crippen molar-refractivity contribution in [2.45, 2.75) is 39.2 Å². The van der Waals surface area contributed by atoms with E-state index < -0.39 is 0 Å². The fourth-order valence-electron chi connectivity index (χ4n) is 3.64. The van der Waals surface area contributed by atoms with E-state index in [-0.39, 0.29) is 17.9 Å². The molecule has 2 aliphatic heterocycles. The van der Waals surface area contributed by atoms with Gasteiger partial charge in [-0.15, -0.1) is 0 Å². The number of carbonyl (C=O) groups is 2. The lowest BCUT2D eigenvalue weighted by atomic mass is 9.93. The van der Waals surface area contributed by atoms with E-state index in [0.29, 0.717) is 19.0 Å². The number of pyridine rings is 1. The van der Waals surface area contributed by atoms with Gasteiger partial charge in [0.1, 0.15) is 0 Å². The second-order valence-electron chi connectivity index (χ2n) is 7.31. The van der Waals surface area contributed by atoms with Gasteiger partial charge in [-0.2, -0.15) is 0 Å². The second kappa shape index (κ2) is 8.32. The van der Waals surface area contributed by atoms with Crippen LogP contribution in [0.25, 0.3) is 0 Å². The van der Waals surface area contributed by atoms with Crippen molar-refractivity contribution in [3.8, 4) is 0 Å². The zero-order valence-corrected chi connectivity index (χ0v) is 15.0. The maximum Gasteiger partial charge on any atom is 0.317 e. The van der Waals surface area contributed by atoms with Gasteiger partial charge in [0.2, 0.25) is 5.91 Å². The lowest BCUT2D eigenvalue weighted by molar-refractivity contribution is -0.138. The Morgan fingerprint density at radius 3 is 2.56 bits per heavy atom. The molecule has 2 fully saturated rings. The second-order valence-corrected chi connectivity index (χ2v) is 7.31. The fraction of sp³-hybridized carbons (Fsp3) is 0.632. The summed E-state index contributed by atoms with van der Waals surface area (Å²) in [6.45, 7) is 5.73. The third-order valence-corrected chi connectivity index (χ3v) is 5.35. The maximum atomic E-state index is 12.8. The van der Waals surface area contributed by atoms with Gasteiger partial charge >= 0.3 is 6.03 Å². The average Bonchev–Trinajstić information content (AvgIpc) is 2.67. The zero-order valence-electron chi connectivity index (χ0n) is 15.0. The van der Waals surface area contributed by atoms with Gasteiger partial charge in [-0.1, -0.05) is 6.92 Å². The fourth-order valence-corrected chi connectivity index (χ4v) is 3.64. The van der Waals surface area contributed by atoms with Crippen LogP contribution in [0.4, 0.5) is 4.79 Å². The summed E-state index contributed by atoms with van der Waals surface area (Å²) < 4.78 is 0. The summed E-state index contributed by atoms with van der Waals surface area (Å²) >= 11 is 0. The molecule has 1 aromatic heterocycles. The van der Waals surface area contributed by atoms with E-state index >= 15 is 0 Å². The molecule has 3 heterocycles. The van der Waals surface area contributed by atoms with Gasteiger partial charge < -0.3 is 15.1 Å². The number of piperidine rings is 2. The average molecular weight is 344 g/mol. The highest BCUT2D eigenvalue weighted by Gasteiger charge is 2.32. The number of nitrogens with zero attached hydrogens (tertiary/aromatic N) is 3. The number of amides is 3. The summed E-state index contributed by atoms with van der Waals surface area (Å²) in [6.07, 6.45) is 7.40. The van der Waals surface area contributed by atoms with Crippen LogP contribution < -0.4 is 5.32 Å². The predicted octanol–water partition coefficient (Wildman–Crippen LogP) is 2.26. The molecule has 1 unspecified atom stereocenters. The summed E-state index contributed by atoms with van der Waals surface area (Å²) in [5, 5.41) is 2.95. The van der Waals surface area contributed by atoms with Crippen LogP contribution >= 0.6 is 0 Å². The smallest absolute Gasteiger partial charge is 0.317 e. The summed E-state index contributed by atoms with van der Waals surface area (Å²) in [5.74, 6) is 0.901. The third-order valence-electron chi connectivity index (χ3n) is 5.35. The molecule has 2 saturated heterocycles. The first-order valence-electron chi connectivity index (χ1n) is 9.34. The van der Waals surface area contributed by atoms with Gasteiger partial charge in [-0.25, -0.2) is 4.79 Å². The number of rotatable bonds is 3. The Balaban J connectivity index is 1.50. The molecular formula is C19H28N4O2. The Bertz CT molecular complexity index is 584. The SMILES string of the molecule is CC1CCN(C(=O)C2CCCN(C(=O)NCc3ccncc3)C2)CC1. The van der Waals surface area contributed by atoms with Gasteiger partial charge in [-0.3, -0.25) is 9.78 Å². The highest BCUT2D eigenvalue weighted by atomic mass is 16.2. The maximum absolute atomic E-state index is 12.8. The molecule has 1 aromatic rings. The molecular weight excluding hydrogens is 316 g/mol. The molecule has 6 nitrogen and oxygen atoms in total. The largest absolute Gasteiger partial charge is 0.342 e. The first-order valence-corrected chi connectivity index (χ1v) is 9.34. The molecule has 6 heteroatoms. The Kier molecular flexibility index (Phi) is 5.89. The van der Waals surface area contributed by atoms with Crippen LogP contribution in [0.3, 0.4) is 0 Å². The lowest BCUT2D eigenvalue weighted by Gasteiger charge is -2.37. The van der Waals surface area contributed by atoms with Crippen LogP contribution in [-0.4, -0.2) is 52.9 Å². The van der Waals surface area contributed by atoms with Crippen molar-refractivity contribution in [2.24, 2.45) is 11.8 Å². The third kappa shape index (κ3) is 4.71. The molecule has 0 bridgehead atoms. The minimum atomic E-state index is -0.0819. The molecule has 136 valence electrons. The van der Waals surface area contributed by atoms with Crippen molar-refractivity contribution in [1.29, 1.82) is 0 Å². The highest BCUT2D eigenvalue weighted by Crippen LogP contribution is 2.23. The van der Waals surface area contributed by atoms with Crippen LogP contribution in [0.2, 0.25) is 0 Å². The minimum Gasteiger partial charge on any atom is -0.342 e. The molecule has 2 aliphatic rings. The Labute approximate surface area is 149 Å². The number of carbonyl (C=O) groups excluding carboxylic acids is 2. The van der Waals surface area contributed by atoms with E-state index in [4.69, 9.17) is 0 Å². The Morgan fingerprint density at radius 1 is 1.12 bits per heavy atom. The molecule has 0 aliphatic carbocycles. The molecule has 1 atom stereocenters. The van der Waals surface area contributed by atoms with Crippen LogP contribution in [0, 0.1) is 11.8 Å². The summed E-state index contributed by atoms with van der Waals surface area (Å²) in [5.41, 5.74) is 1.02. The van der Waals surface area contributed by atoms with Crippen LogP contribution in [0.5, 0.6) is 0 Å². The van der Waals surface area contributed by atoms with E-state index in [0.717, 1.165) is 50.9 Å². The van der Waals surface area contributed by atoms with Gasteiger partial charge in [0, 0.05) is 45.1 Å². The summed E-state index contributed by atoms with van der Waals surface area (Å²) in [6, 6.07) is 3.70. The van der Waals surface area contributed by atoms with Crippen LogP contribution in [0.1, 0.15) is 38.2 Å². The number of hydrogen-bond donors (Lipinski definition) is 1. The standard InChI is InChI=1S/C19H28N4O2/c1-15-6-11-22(12-7-15)18(24)17-3-2-10-23(14-17)19(25)21-13-16-4-8-20-9-5-16/h4-5,8-9,15,17H,2-3,6-7,10-14H2,1H3,(H,21,25). The topological polar surface area (TPSA) is 65.5 Å². The molecule has 0 aromatic carbocycles. The molecule has 0 radical (unpaired) electrons. The van der Waals surface area contributed by atoms with Gasteiger partial charge in [0.25, 0.3) is 0 Å². The van der Waals surface area contributed by atoms with E-state index in [9.17, 15) is 9.59 Å². The zero-order chi connectivity index (χ0) is 17.6. The number of urea groups is 1. The Hall–Kier alpha value is -2.11. The van der Waals surface area contributed by atoms with Crippen molar-refractivity contribution in [1.82, 2.24) is 20.1 Å². The minimum absolute atomic E-state index is 0.0474. The summed E-state index contributed by atoms with van der Waals surface area (Å²) in [4.78, 5) is 33.0.